The van der Waals surface area contributed by atoms with Gasteiger partial charge >= 0.3 is 39.5 Å². The first kappa shape index (κ1) is 104. The van der Waals surface area contributed by atoms with Crippen LogP contribution in [0, 0.1) is 0 Å². The maximum Gasteiger partial charge on any atom is 0.472 e. The Bertz CT molecular complexity index is 2850. The maximum atomic E-state index is 13.1. The molecule has 622 valence electrons. The minimum atomic E-state index is -5.01. The van der Waals surface area contributed by atoms with Crippen molar-refractivity contribution in [1.82, 2.24) is 0 Å². The average Bonchev–Trinajstić information content (AvgIpc) is 0.906. The molecule has 5 atom stereocenters. The van der Waals surface area contributed by atoms with Gasteiger partial charge in [-0.1, -0.05) is 286 Å². The lowest BCUT2D eigenvalue weighted by molar-refractivity contribution is -0.161. The number of rotatable bonds is 76. The van der Waals surface area contributed by atoms with Gasteiger partial charge in [-0.3, -0.25) is 37.3 Å². The predicted octanol–water partition coefficient (Wildman–Crippen LogP) is 24.9. The van der Waals surface area contributed by atoms with E-state index in [4.69, 9.17) is 37.0 Å². The molecule has 0 aliphatic heterocycles. The van der Waals surface area contributed by atoms with E-state index in [-0.39, 0.29) is 25.7 Å². The average molecular weight is 1570 g/mol. The van der Waals surface area contributed by atoms with Crippen LogP contribution in [0.1, 0.15) is 297 Å². The van der Waals surface area contributed by atoms with Crippen LogP contribution in [0.25, 0.3) is 0 Å². The van der Waals surface area contributed by atoms with Crippen LogP contribution in [-0.2, 0) is 65.4 Å². The van der Waals surface area contributed by atoms with Gasteiger partial charge in [-0.2, -0.15) is 0 Å². The zero-order valence-electron chi connectivity index (χ0n) is 68.1. The quantitative estimate of drug-likeness (QED) is 0.0169. The molecule has 0 radical (unpaired) electrons. The number of esters is 4. The fourth-order valence-electron chi connectivity index (χ4n) is 10.4. The largest absolute Gasteiger partial charge is 0.472 e. The third-order valence-corrected chi connectivity index (χ3v) is 18.4. The van der Waals surface area contributed by atoms with E-state index in [1.54, 1.807) is 0 Å². The number of carbonyl (C=O) groups is 4. The Labute approximate surface area is 666 Å². The van der Waals surface area contributed by atoms with Crippen LogP contribution >= 0.6 is 15.6 Å². The molecule has 19 heteroatoms. The highest BCUT2D eigenvalue weighted by atomic mass is 31.2. The molecule has 0 saturated heterocycles. The van der Waals surface area contributed by atoms with Crippen molar-refractivity contribution in [2.75, 3.05) is 39.6 Å². The van der Waals surface area contributed by atoms with Gasteiger partial charge in [-0.25, -0.2) is 9.13 Å². The van der Waals surface area contributed by atoms with Gasteiger partial charge in [-0.05, 0) is 180 Å². The van der Waals surface area contributed by atoms with Crippen molar-refractivity contribution >= 4 is 39.5 Å². The number of unbranched alkanes of at least 4 members (excludes halogenated alkanes) is 18. The van der Waals surface area contributed by atoms with E-state index in [9.17, 15) is 43.2 Å². The molecular weight excluding hydrogens is 1430 g/mol. The van der Waals surface area contributed by atoms with Crippen molar-refractivity contribution < 1.29 is 80.2 Å². The molecule has 0 rings (SSSR count). The van der Waals surface area contributed by atoms with Crippen molar-refractivity contribution in [3.63, 3.8) is 0 Å². The summed E-state index contributed by atoms with van der Waals surface area (Å²) in [6.45, 7) is 4.31. The minimum Gasteiger partial charge on any atom is -0.462 e. The summed E-state index contributed by atoms with van der Waals surface area (Å²) in [5.41, 5.74) is 0. The zero-order valence-corrected chi connectivity index (χ0v) is 69.9. The van der Waals surface area contributed by atoms with Gasteiger partial charge in [-0.15, -0.1) is 0 Å². The van der Waals surface area contributed by atoms with Crippen molar-refractivity contribution in [3.05, 3.63) is 194 Å². The fraction of sp³-hybridized carbons (Fsp3) is 0.604. The summed E-state index contributed by atoms with van der Waals surface area (Å²) in [7, 11) is -10.0. The molecule has 17 nitrogen and oxygen atoms in total. The molecule has 110 heavy (non-hydrogen) atoms. The maximum absolute atomic E-state index is 13.1. The van der Waals surface area contributed by atoms with Crippen LogP contribution in [0.2, 0.25) is 0 Å². The first-order chi connectivity index (χ1) is 53.7. The minimum absolute atomic E-state index is 0.0509. The lowest BCUT2D eigenvalue weighted by Gasteiger charge is -2.21. The Morgan fingerprint density at radius 3 is 0.691 bits per heavy atom. The smallest absolute Gasteiger partial charge is 0.462 e. The molecule has 0 aliphatic carbocycles. The monoisotopic (exact) mass is 1570 g/mol. The van der Waals surface area contributed by atoms with Crippen LogP contribution in [-0.4, -0.2) is 96.7 Å². The highest BCUT2D eigenvalue weighted by Gasteiger charge is 2.30. The van der Waals surface area contributed by atoms with Crippen molar-refractivity contribution in [2.24, 2.45) is 0 Å². The van der Waals surface area contributed by atoms with E-state index in [0.717, 1.165) is 218 Å². The predicted molar refractivity (Wildman–Crippen MR) is 454 cm³/mol. The van der Waals surface area contributed by atoms with Crippen LogP contribution in [0.15, 0.2) is 194 Å². The van der Waals surface area contributed by atoms with Gasteiger partial charge in [0.15, 0.2) is 12.2 Å². The Morgan fingerprint density at radius 2 is 0.445 bits per heavy atom. The summed E-state index contributed by atoms with van der Waals surface area (Å²) in [6, 6.07) is 0. The van der Waals surface area contributed by atoms with Crippen LogP contribution in [0.5, 0.6) is 0 Å². The summed E-state index contributed by atoms with van der Waals surface area (Å²) in [6.07, 6.45) is 99.6. The molecule has 5 unspecified atom stereocenters. The molecule has 0 aromatic carbocycles. The molecule has 0 bridgehead atoms. The second-order valence-corrected chi connectivity index (χ2v) is 29.8. The number of hydrogen-bond donors (Lipinski definition) is 3. The molecular formula is C91H146O17P2. The number of hydrogen-bond acceptors (Lipinski definition) is 15. The molecule has 0 fully saturated rings. The zero-order chi connectivity index (χ0) is 80.3. The number of allylic oxidation sites excluding steroid dienone is 32. The lowest BCUT2D eigenvalue weighted by atomic mass is 10.1. The summed E-state index contributed by atoms with van der Waals surface area (Å²) < 4.78 is 68.7. The molecule has 0 spiro atoms. The van der Waals surface area contributed by atoms with Crippen molar-refractivity contribution in [2.45, 2.75) is 316 Å². The topological polar surface area (TPSA) is 237 Å². The standard InChI is InChI=1S/C91H146O17P2/c1-5-9-13-17-21-25-29-33-37-41-42-46-48-52-56-60-64-68-72-76-89(94)102-82-87(108-91(96)78-74-70-66-62-58-54-50-45-40-36-32-28-24-20-16-12-8-4)84-106-110(99,100)104-80-85(92)79-103-109(97,98)105-83-86(107-90(95)77-73-69-65-61-57-53-49-44-39-35-31-27-23-19-15-11-7-3)81-101-88(93)75-71-67-63-59-55-51-47-43-38-34-30-26-22-18-14-10-6-2/h9-16,21-28,33-40,42,46-47,50-52,54,56,85-87,92H,5-8,17-20,29-32,41,43-45,48-49,53,55,57-84H2,1-4H3,(H,97,98)(H,99,100)/b13-9-,14-10-,15-11-,16-12-,25-21-,26-22-,27-23-,28-24-,37-33-,38-34-,39-35-,40-36-,46-42-,51-47-,54-50-,56-52-. The van der Waals surface area contributed by atoms with Gasteiger partial charge in [0.25, 0.3) is 0 Å². The molecule has 0 aliphatic rings. The first-order valence-electron chi connectivity index (χ1n) is 41.7. The van der Waals surface area contributed by atoms with Crippen LogP contribution in [0.3, 0.4) is 0 Å². The molecule has 3 N–H and O–H groups in total. The Hall–Kier alpha value is -6.10. The third-order valence-electron chi connectivity index (χ3n) is 16.5. The van der Waals surface area contributed by atoms with Crippen LogP contribution in [0.4, 0.5) is 0 Å². The van der Waals surface area contributed by atoms with Crippen molar-refractivity contribution in [1.29, 1.82) is 0 Å². The highest BCUT2D eigenvalue weighted by molar-refractivity contribution is 7.47. The Balaban J connectivity index is 5.49. The van der Waals surface area contributed by atoms with Gasteiger partial charge in [0, 0.05) is 25.7 Å². The van der Waals surface area contributed by atoms with Gasteiger partial charge in [0.2, 0.25) is 0 Å². The number of phosphoric ester groups is 2. The fourth-order valence-corrected chi connectivity index (χ4v) is 11.9. The lowest BCUT2D eigenvalue weighted by Crippen LogP contribution is -2.30. The van der Waals surface area contributed by atoms with E-state index in [0.29, 0.717) is 25.7 Å². The Kier molecular flexibility index (Phi) is 76.4. The van der Waals surface area contributed by atoms with Gasteiger partial charge in [0.05, 0.1) is 26.4 Å². The summed E-state index contributed by atoms with van der Waals surface area (Å²) in [5, 5.41) is 10.7. The summed E-state index contributed by atoms with van der Waals surface area (Å²) in [4.78, 5) is 73.2. The normalized spacial score (nSPS) is 14.8. The van der Waals surface area contributed by atoms with E-state index in [1.165, 1.54) is 0 Å². The molecule has 0 amide bonds. The second kappa shape index (κ2) is 80.9. The third kappa shape index (κ3) is 80.0. The summed E-state index contributed by atoms with van der Waals surface area (Å²) in [5.74, 6) is -2.29. The SMILES string of the molecule is CC/C=C\C/C=C\C/C=C\C/C=C\C/C=C\CCCCCC(=O)OCC(COP(=O)(O)OCC(O)COP(=O)(O)OCC(COC(=O)CCCCCC/C=C\C/C=C\C/C=C\C/C=C\CC)OC(=O)CCCCCCCCC/C=C\C/C=C\C/C=C\CC)OC(=O)CCCCCC/C=C\C/C=C\C/C=C\C/C=C\CC. The second-order valence-electron chi connectivity index (χ2n) is 26.9. The number of phosphoric acid groups is 2. The molecule has 0 heterocycles. The number of aliphatic hydroxyl groups excluding tert-OH is 1. The molecule has 0 saturated carbocycles. The molecule has 0 aromatic heterocycles. The van der Waals surface area contributed by atoms with Crippen molar-refractivity contribution in [3.8, 4) is 0 Å². The van der Waals surface area contributed by atoms with E-state index in [2.05, 4.69) is 222 Å². The highest BCUT2D eigenvalue weighted by Crippen LogP contribution is 2.45. The van der Waals surface area contributed by atoms with Crippen LogP contribution < -0.4 is 0 Å². The van der Waals surface area contributed by atoms with E-state index >= 15 is 0 Å². The van der Waals surface area contributed by atoms with Gasteiger partial charge in [0.1, 0.15) is 19.3 Å². The first-order valence-corrected chi connectivity index (χ1v) is 44.7. The van der Waals surface area contributed by atoms with E-state index < -0.39 is 97.5 Å². The summed E-state index contributed by atoms with van der Waals surface area (Å²) >= 11 is 0. The number of ether oxygens (including phenoxy) is 4. The number of carbonyl (C=O) groups excluding carboxylic acids is 4. The molecule has 0 aromatic rings. The van der Waals surface area contributed by atoms with Gasteiger partial charge < -0.3 is 33.8 Å². The Morgan fingerprint density at radius 1 is 0.255 bits per heavy atom. The van der Waals surface area contributed by atoms with E-state index in [1.807, 2.05) is 0 Å². The number of aliphatic hydroxyl groups is 1.